The second-order valence-corrected chi connectivity index (χ2v) is 4.03. The molecule has 0 fully saturated rings. The van der Waals surface area contributed by atoms with E-state index in [0.717, 1.165) is 13.0 Å². The monoisotopic (exact) mass is 225 g/mol. The van der Waals surface area contributed by atoms with Crippen LogP contribution in [0, 0.1) is 5.92 Å². The SMILES string of the molecule is CC(C)CCOCCNC(=O)c1ccco1. The highest BCUT2D eigenvalue weighted by Crippen LogP contribution is 1.99. The van der Waals surface area contributed by atoms with Gasteiger partial charge in [0, 0.05) is 13.2 Å². The van der Waals surface area contributed by atoms with E-state index in [1.807, 2.05) is 0 Å². The van der Waals surface area contributed by atoms with Gasteiger partial charge in [-0.05, 0) is 24.5 Å². The Morgan fingerprint density at radius 2 is 2.31 bits per heavy atom. The maximum absolute atomic E-state index is 11.4. The highest BCUT2D eigenvalue weighted by atomic mass is 16.5. The lowest BCUT2D eigenvalue weighted by molar-refractivity contribution is 0.0880. The number of furan rings is 1. The van der Waals surface area contributed by atoms with Crippen molar-refractivity contribution in [2.24, 2.45) is 5.92 Å². The molecule has 0 aliphatic carbocycles. The van der Waals surface area contributed by atoms with Crippen LogP contribution in [0.5, 0.6) is 0 Å². The fourth-order valence-electron chi connectivity index (χ4n) is 1.15. The molecule has 1 heterocycles. The van der Waals surface area contributed by atoms with Crippen LogP contribution in [0.4, 0.5) is 0 Å². The fraction of sp³-hybridized carbons (Fsp3) is 0.583. The summed E-state index contributed by atoms with van der Waals surface area (Å²) in [6.45, 7) is 6.11. The van der Waals surface area contributed by atoms with Crippen LogP contribution in [0.25, 0.3) is 0 Å². The van der Waals surface area contributed by atoms with Crippen LogP contribution in [0.15, 0.2) is 22.8 Å². The minimum absolute atomic E-state index is 0.197. The normalized spacial score (nSPS) is 10.7. The highest BCUT2D eigenvalue weighted by Gasteiger charge is 2.06. The third-order valence-electron chi connectivity index (χ3n) is 2.12. The Bertz CT molecular complexity index is 293. The van der Waals surface area contributed by atoms with Crippen molar-refractivity contribution in [1.29, 1.82) is 0 Å². The number of carbonyl (C=O) groups excluding carboxylic acids is 1. The Labute approximate surface area is 96.0 Å². The molecule has 0 aromatic carbocycles. The van der Waals surface area contributed by atoms with Crippen LogP contribution in [-0.2, 0) is 4.74 Å². The molecule has 1 aromatic rings. The summed E-state index contributed by atoms with van der Waals surface area (Å²) < 4.78 is 10.3. The van der Waals surface area contributed by atoms with Gasteiger partial charge in [-0.25, -0.2) is 0 Å². The number of carbonyl (C=O) groups is 1. The van der Waals surface area contributed by atoms with Crippen LogP contribution >= 0.6 is 0 Å². The van der Waals surface area contributed by atoms with Gasteiger partial charge in [-0.2, -0.15) is 0 Å². The van der Waals surface area contributed by atoms with Gasteiger partial charge in [0.05, 0.1) is 12.9 Å². The quantitative estimate of drug-likeness (QED) is 0.723. The zero-order chi connectivity index (χ0) is 11.8. The second kappa shape index (κ2) is 7.06. The first-order valence-corrected chi connectivity index (χ1v) is 5.59. The molecule has 4 nitrogen and oxygen atoms in total. The molecular formula is C12H19NO3. The lowest BCUT2D eigenvalue weighted by atomic mass is 10.1. The Morgan fingerprint density at radius 3 is 2.94 bits per heavy atom. The van der Waals surface area contributed by atoms with Crippen molar-refractivity contribution >= 4 is 5.91 Å². The predicted octanol–water partition coefficient (Wildman–Crippen LogP) is 2.07. The van der Waals surface area contributed by atoms with Gasteiger partial charge in [-0.1, -0.05) is 13.8 Å². The minimum atomic E-state index is -0.197. The first-order valence-electron chi connectivity index (χ1n) is 5.59. The summed E-state index contributed by atoms with van der Waals surface area (Å²) in [5.41, 5.74) is 0. The molecule has 0 bridgehead atoms. The van der Waals surface area contributed by atoms with E-state index in [-0.39, 0.29) is 5.91 Å². The van der Waals surface area contributed by atoms with Crippen molar-refractivity contribution in [3.05, 3.63) is 24.2 Å². The predicted molar refractivity (Wildman–Crippen MR) is 61.3 cm³/mol. The summed E-state index contributed by atoms with van der Waals surface area (Å²) in [7, 11) is 0. The van der Waals surface area contributed by atoms with Crippen molar-refractivity contribution in [3.63, 3.8) is 0 Å². The number of nitrogens with one attached hydrogen (secondary N) is 1. The summed E-state index contributed by atoms with van der Waals surface area (Å²) in [6.07, 6.45) is 2.53. The molecule has 0 spiro atoms. The van der Waals surface area contributed by atoms with Crippen molar-refractivity contribution in [3.8, 4) is 0 Å². The lowest BCUT2D eigenvalue weighted by Crippen LogP contribution is -2.27. The molecule has 0 saturated heterocycles. The number of rotatable bonds is 7. The van der Waals surface area contributed by atoms with E-state index in [4.69, 9.17) is 9.15 Å². The molecule has 0 atom stereocenters. The van der Waals surface area contributed by atoms with E-state index < -0.39 is 0 Å². The largest absolute Gasteiger partial charge is 0.459 e. The molecule has 16 heavy (non-hydrogen) atoms. The third kappa shape index (κ3) is 4.98. The molecule has 0 saturated carbocycles. The molecule has 0 unspecified atom stereocenters. The van der Waals surface area contributed by atoms with Crippen molar-refractivity contribution in [1.82, 2.24) is 5.32 Å². The minimum Gasteiger partial charge on any atom is -0.459 e. The van der Waals surface area contributed by atoms with E-state index in [0.29, 0.717) is 24.8 Å². The summed E-state index contributed by atoms with van der Waals surface area (Å²) >= 11 is 0. The Kier molecular flexibility index (Phi) is 5.64. The van der Waals surface area contributed by atoms with Gasteiger partial charge in [-0.3, -0.25) is 4.79 Å². The van der Waals surface area contributed by atoms with Crippen LogP contribution in [0.1, 0.15) is 30.8 Å². The van der Waals surface area contributed by atoms with Crippen LogP contribution in [-0.4, -0.2) is 25.7 Å². The van der Waals surface area contributed by atoms with E-state index in [2.05, 4.69) is 19.2 Å². The van der Waals surface area contributed by atoms with Crippen molar-refractivity contribution in [2.75, 3.05) is 19.8 Å². The van der Waals surface area contributed by atoms with Crippen LogP contribution in [0.3, 0.4) is 0 Å². The van der Waals surface area contributed by atoms with Gasteiger partial charge in [-0.15, -0.1) is 0 Å². The third-order valence-corrected chi connectivity index (χ3v) is 2.12. The number of amides is 1. The van der Waals surface area contributed by atoms with E-state index in [1.54, 1.807) is 12.1 Å². The van der Waals surface area contributed by atoms with E-state index >= 15 is 0 Å². The van der Waals surface area contributed by atoms with Gasteiger partial charge < -0.3 is 14.5 Å². The van der Waals surface area contributed by atoms with Gasteiger partial charge >= 0.3 is 0 Å². The highest BCUT2D eigenvalue weighted by molar-refractivity contribution is 5.91. The summed E-state index contributed by atoms with van der Waals surface area (Å²) in [4.78, 5) is 11.4. The number of hydrogen-bond acceptors (Lipinski definition) is 3. The first kappa shape index (κ1) is 12.8. The maximum atomic E-state index is 11.4. The smallest absolute Gasteiger partial charge is 0.287 e. The molecule has 0 aliphatic rings. The summed E-state index contributed by atoms with van der Waals surface area (Å²) in [6, 6.07) is 3.32. The fourth-order valence-corrected chi connectivity index (χ4v) is 1.15. The molecule has 1 aromatic heterocycles. The molecule has 0 aliphatic heterocycles. The average Bonchev–Trinajstić information content (AvgIpc) is 2.75. The van der Waals surface area contributed by atoms with E-state index in [9.17, 15) is 4.79 Å². The van der Waals surface area contributed by atoms with Gasteiger partial charge in [0.25, 0.3) is 5.91 Å². The first-order chi connectivity index (χ1) is 7.70. The van der Waals surface area contributed by atoms with E-state index in [1.165, 1.54) is 6.26 Å². The molecule has 1 rings (SSSR count). The maximum Gasteiger partial charge on any atom is 0.287 e. The lowest BCUT2D eigenvalue weighted by Gasteiger charge is -2.06. The zero-order valence-corrected chi connectivity index (χ0v) is 9.86. The zero-order valence-electron chi connectivity index (χ0n) is 9.86. The molecule has 4 heteroatoms. The van der Waals surface area contributed by atoms with Crippen molar-refractivity contribution < 1.29 is 13.9 Å². The van der Waals surface area contributed by atoms with Gasteiger partial charge in [0.1, 0.15) is 0 Å². The molecule has 0 radical (unpaired) electrons. The van der Waals surface area contributed by atoms with Crippen LogP contribution < -0.4 is 5.32 Å². The Hall–Kier alpha value is -1.29. The summed E-state index contributed by atoms with van der Waals surface area (Å²) in [5, 5.41) is 2.72. The van der Waals surface area contributed by atoms with Crippen LogP contribution in [0.2, 0.25) is 0 Å². The standard InChI is InChI=1S/C12H19NO3/c1-10(2)5-8-15-9-6-13-12(14)11-4-3-7-16-11/h3-4,7,10H,5-6,8-9H2,1-2H3,(H,13,14). The molecule has 90 valence electrons. The number of ether oxygens (including phenoxy) is 1. The molecule has 1 N–H and O–H groups in total. The Morgan fingerprint density at radius 1 is 1.50 bits per heavy atom. The van der Waals surface area contributed by atoms with Crippen molar-refractivity contribution in [2.45, 2.75) is 20.3 Å². The molecular weight excluding hydrogens is 206 g/mol. The topological polar surface area (TPSA) is 51.5 Å². The molecule has 1 amide bonds. The van der Waals surface area contributed by atoms with Gasteiger partial charge in [0.15, 0.2) is 5.76 Å². The second-order valence-electron chi connectivity index (χ2n) is 4.03. The number of hydrogen-bond donors (Lipinski definition) is 1. The average molecular weight is 225 g/mol. The summed E-state index contributed by atoms with van der Waals surface area (Å²) in [5.74, 6) is 0.789. The van der Waals surface area contributed by atoms with Gasteiger partial charge in [0.2, 0.25) is 0 Å². The Balaban J connectivity index is 2.01.